The minimum absolute atomic E-state index is 0.0984. The van der Waals surface area contributed by atoms with Crippen molar-refractivity contribution in [3.05, 3.63) is 95.6 Å². The van der Waals surface area contributed by atoms with Crippen molar-refractivity contribution >= 4 is 29.0 Å². The first-order valence-corrected chi connectivity index (χ1v) is 10.8. The second kappa shape index (κ2) is 8.31. The second-order valence-electron chi connectivity index (χ2n) is 8.25. The molecule has 1 saturated heterocycles. The van der Waals surface area contributed by atoms with Crippen molar-refractivity contribution in [1.82, 2.24) is 0 Å². The lowest BCUT2D eigenvalue weighted by atomic mass is 9.88. The van der Waals surface area contributed by atoms with Gasteiger partial charge in [-0.15, -0.1) is 0 Å². The predicted octanol–water partition coefficient (Wildman–Crippen LogP) is 5.75. The molecule has 0 aromatic heterocycles. The van der Waals surface area contributed by atoms with Crippen LogP contribution in [0, 0.1) is 24.2 Å². The van der Waals surface area contributed by atoms with Gasteiger partial charge in [0.1, 0.15) is 0 Å². The summed E-state index contributed by atoms with van der Waals surface area (Å²) in [6.07, 6.45) is 4.77. The zero-order valence-electron chi connectivity index (χ0n) is 17.8. The molecule has 1 heterocycles. The minimum Gasteiger partial charge on any atom is -0.365 e. The van der Waals surface area contributed by atoms with E-state index in [0.29, 0.717) is 22.0 Å². The zero-order valence-corrected chi connectivity index (χ0v) is 18.6. The number of aliphatic hydroxyl groups is 1. The molecular weight excluding hydrogens is 422 g/mol. The number of hydrogen-bond donors (Lipinski definition) is 1. The van der Waals surface area contributed by atoms with Gasteiger partial charge in [0, 0.05) is 27.5 Å². The maximum Gasteiger partial charge on any atom is 0.332 e. The molecule has 32 heavy (non-hydrogen) atoms. The number of hydrogen-bond acceptors (Lipinski definition) is 3. The molecule has 2 unspecified atom stereocenters. The molecule has 1 N–H and O–H groups in total. The van der Waals surface area contributed by atoms with Gasteiger partial charge in [0.25, 0.3) is 0 Å². The number of halogens is 1. The molecule has 4 rings (SSSR count). The van der Waals surface area contributed by atoms with Gasteiger partial charge < -0.3 is 5.11 Å². The molecule has 6 heteroatoms. The molecule has 5 nitrogen and oxygen atoms in total. The number of aryl methyl sites for hydroxylation is 1. The Kier molecular flexibility index (Phi) is 5.68. The van der Waals surface area contributed by atoms with E-state index in [1.807, 2.05) is 37.3 Å². The molecule has 2 aromatic rings. The molecule has 2 amide bonds. The Morgan fingerprint density at radius 1 is 1.19 bits per heavy atom. The number of urea groups is 1. The Balaban J connectivity index is 1.96. The summed E-state index contributed by atoms with van der Waals surface area (Å²) < 4.78 is 0. The van der Waals surface area contributed by atoms with Gasteiger partial charge in [-0.25, -0.2) is 4.79 Å². The van der Waals surface area contributed by atoms with Crippen LogP contribution in [-0.4, -0.2) is 22.9 Å². The maximum absolute atomic E-state index is 13.9. The van der Waals surface area contributed by atoms with Crippen molar-refractivity contribution in [3.8, 4) is 6.07 Å². The summed E-state index contributed by atoms with van der Waals surface area (Å²) >= 11 is 6.08. The van der Waals surface area contributed by atoms with E-state index >= 15 is 0 Å². The van der Waals surface area contributed by atoms with E-state index in [4.69, 9.17) is 11.6 Å². The summed E-state index contributed by atoms with van der Waals surface area (Å²) in [4.78, 5) is 17.0. The van der Waals surface area contributed by atoms with E-state index in [1.54, 1.807) is 29.2 Å². The van der Waals surface area contributed by atoms with Gasteiger partial charge in [0.15, 0.2) is 5.72 Å². The fourth-order valence-electron chi connectivity index (χ4n) is 4.35. The van der Waals surface area contributed by atoms with E-state index < -0.39 is 11.8 Å². The number of nitriles is 1. The van der Waals surface area contributed by atoms with E-state index in [9.17, 15) is 15.2 Å². The SMILES string of the molecule is C=C/C(=C\C(=C)C#N)C1(O)C(C2CC2)N(c2ccc(C)cc2)C(=O)N1c1ccc(Cl)cc1. The summed E-state index contributed by atoms with van der Waals surface area (Å²) in [5.74, 6) is 0.0984. The van der Waals surface area contributed by atoms with Gasteiger partial charge in [0.2, 0.25) is 0 Å². The van der Waals surface area contributed by atoms with Crippen LogP contribution in [0.3, 0.4) is 0 Å². The Morgan fingerprint density at radius 2 is 1.78 bits per heavy atom. The van der Waals surface area contributed by atoms with Crippen molar-refractivity contribution in [2.45, 2.75) is 31.5 Å². The van der Waals surface area contributed by atoms with Gasteiger partial charge in [-0.1, -0.05) is 48.5 Å². The fourth-order valence-corrected chi connectivity index (χ4v) is 4.47. The second-order valence-corrected chi connectivity index (χ2v) is 8.69. The third-order valence-electron chi connectivity index (χ3n) is 6.01. The quantitative estimate of drug-likeness (QED) is 0.454. The van der Waals surface area contributed by atoms with Crippen LogP contribution >= 0.6 is 11.6 Å². The average molecular weight is 446 g/mol. The van der Waals surface area contributed by atoms with Gasteiger partial charge in [-0.3, -0.25) is 9.80 Å². The van der Waals surface area contributed by atoms with Gasteiger partial charge in [-0.05, 0) is 68.2 Å². The van der Waals surface area contributed by atoms with Crippen molar-refractivity contribution in [3.63, 3.8) is 0 Å². The molecule has 1 aliphatic carbocycles. The highest BCUT2D eigenvalue weighted by molar-refractivity contribution is 6.30. The number of nitrogens with zero attached hydrogens (tertiary/aromatic N) is 3. The van der Waals surface area contributed by atoms with Gasteiger partial charge >= 0.3 is 6.03 Å². The number of benzene rings is 2. The highest BCUT2D eigenvalue weighted by atomic mass is 35.5. The molecule has 2 aromatic carbocycles. The lowest BCUT2D eigenvalue weighted by Gasteiger charge is -2.38. The first-order chi connectivity index (χ1) is 15.3. The molecule has 162 valence electrons. The smallest absolute Gasteiger partial charge is 0.332 e. The number of carbonyl (C=O) groups is 1. The standard InChI is InChI=1S/C26H24ClN3O2/c1-4-20(15-18(3)16-28)26(32)24(19-7-8-19)29(22-11-5-17(2)6-12-22)25(31)30(26)23-13-9-21(27)10-14-23/h4-6,9-15,19,24,32H,1,3,7-8H2,2H3/b20-15+. The number of anilines is 2. The molecule has 0 radical (unpaired) electrons. The van der Waals surface area contributed by atoms with E-state index in [2.05, 4.69) is 13.2 Å². The fraction of sp³-hybridized carbons (Fsp3) is 0.231. The van der Waals surface area contributed by atoms with Crippen molar-refractivity contribution < 1.29 is 9.90 Å². The van der Waals surface area contributed by atoms with Crippen LogP contribution in [0.25, 0.3) is 0 Å². The third-order valence-corrected chi connectivity index (χ3v) is 6.26. The highest BCUT2D eigenvalue weighted by Crippen LogP contribution is 2.51. The summed E-state index contributed by atoms with van der Waals surface area (Å²) in [6.45, 7) is 9.59. The first kappa shape index (κ1) is 21.9. The summed E-state index contributed by atoms with van der Waals surface area (Å²) in [6, 6.07) is 15.5. The lowest BCUT2D eigenvalue weighted by molar-refractivity contribution is 0.0690. The molecule has 2 fully saturated rings. The summed E-state index contributed by atoms with van der Waals surface area (Å²) in [5, 5.41) is 22.2. The molecule has 0 bridgehead atoms. The first-order valence-electron chi connectivity index (χ1n) is 10.4. The highest BCUT2D eigenvalue weighted by Gasteiger charge is 2.63. The minimum atomic E-state index is -1.75. The largest absolute Gasteiger partial charge is 0.365 e. The lowest BCUT2D eigenvalue weighted by Crippen LogP contribution is -2.54. The molecular formula is C26H24ClN3O2. The van der Waals surface area contributed by atoms with Crippen molar-refractivity contribution in [1.29, 1.82) is 5.26 Å². The van der Waals surface area contributed by atoms with E-state index in [1.165, 1.54) is 17.1 Å². The van der Waals surface area contributed by atoms with Crippen LogP contribution in [0.5, 0.6) is 0 Å². The Hall–Kier alpha value is -3.33. The number of allylic oxidation sites excluding steroid dienone is 2. The molecule has 2 aliphatic rings. The van der Waals surface area contributed by atoms with Crippen LogP contribution in [0.15, 0.2) is 85.0 Å². The van der Waals surface area contributed by atoms with Crippen LogP contribution < -0.4 is 9.80 Å². The van der Waals surface area contributed by atoms with Crippen LogP contribution in [0.2, 0.25) is 5.02 Å². The van der Waals surface area contributed by atoms with Crippen LogP contribution in [0.4, 0.5) is 16.2 Å². The number of amides is 2. The predicted molar refractivity (Wildman–Crippen MR) is 127 cm³/mol. The summed E-state index contributed by atoms with van der Waals surface area (Å²) in [5.41, 5.74) is 1.04. The Morgan fingerprint density at radius 3 is 2.31 bits per heavy atom. The maximum atomic E-state index is 13.9. The third kappa shape index (κ3) is 3.62. The number of carbonyl (C=O) groups excluding carboxylic acids is 1. The Labute approximate surface area is 193 Å². The average Bonchev–Trinajstić information content (AvgIpc) is 3.59. The molecule has 2 atom stereocenters. The van der Waals surface area contributed by atoms with Crippen LogP contribution in [-0.2, 0) is 0 Å². The van der Waals surface area contributed by atoms with E-state index in [-0.39, 0.29) is 17.5 Å². The Bertz CT molecular complexity index is 1140. The molecule has 0 spiro atoms. The van der Waals surface area contributed by atoms with Gasteiger partial charge in [-0.2, -0.15) is 5.26 Å². The van der Waals surface area contributed by atoms with Crippen molar-refractivity contribution in [2.24, 2.45) is 5.92 Å². The number of rotatable bonds is 6. The van der Waals surface area contributed by atoms with Crippen LogP contribution in [0.1, 0.15) is 18.4 Å². The monoisotopic (exact) mass is 445 g/mol. The van der Waals surface area contributed by atoms with Crippen molar-refractivity contribution in [2.75, 3.05) is 9.80 Å². The molecule has 1 saturated carbocycles. The zero-order chi connectivity index (χ0) is 23.0. The van der Waals surface area contributed by atoms with E-state index in [0.717, 1.165) is 18.4 Å². The molecule has 1 aliphatic heterocycles. The normalized spacial score (nSPS) is 23.2. The topological polar surface area (TPSA) is 67.6 Å². The summed E-state index contributed by atoms with van der Waals surface area (Å²) in [7, 11) is 0. The van der Waals surface area contributed by atoms with Gasteiger partial charge in [0.05, 0.1) is 12.1 Å².